The molecule has 398 valence electrons. The zero-order chi connectivity index (χ0) is 56.1. The van der Waals surface area contributed by atoms with Crippen LogP contribution in [0.2, 0.25) is 0 Å². The molecule has 3 heterocycles. The molecule has 3 aromatic heterocycles. The van der Waals surface area contributed by atoms with Gasteiger partial charge in [-0.1, -0.05) is 237 Å². The van der Waals surface area contributed by atoms with Gasteiger partial charge in [0.2, 0.25) is 0 Å². The molecular formula is C84H47N3. The SMILES string of the molecule is C1=CC2=C(n3c4ccccc4c4c3c3c5ccccc5n(-c5ccc6c7cccc8cccc(c9cccc5c96)c87)c3c3c5ccccc5n(-c5ccc6c7cccc8cccc(c9cccc5c96)c87)c43)C=CC3c4cccc5cccc(c45)C(=C1)C23. The maximum atomic E-state index is 2.70. The molecule has 2 atom stereocenters. The molecule has 19 aromatic rings. The molecule has 0 fully saturated rings. The fourth-order valence-electron chi connectivity index (χ4n) is 17.8. The zero-order valence-electron chi connectivity index (χ0n) is 47.0. The van der Waals surface area contributed by atoms with Gasteiger partial charge in [0.1, 0.15) is 0 Å². The lowest BCUT2D eigenvalue weighted by Crippen LogP contribution is -2.25. The highest BCUT2D eigenvalue weighted by atomic mass is 15.1. The van der Waals surface area contributed by atoms with Gasteiger partial charge in [0.25, 0.3) is 0 Å². The van der Waals surface area contributed by atoms with E-state index in [1.54, 1.807) is 0 Å². The van der Waals surface area contributed by atoms with Crippen molar-refractivity contribution in [2.45, 2.75) is 5.92 Å². The summed E-state index contributed by atoms with van der Waals surface area (Å²) in [7, 11) is 0. The first-order valence-electron chi connectivity index (χ1n) is 30.7. The molecule has 0 saturated carbocycles. The van der Waals surface area contributed by atoms with Crippen LogP contribution in [0.3, 0.4) is 0 Å². The van der Waals surface area contributed by atoms with Crippen molar-refractivity contribution >= 4 is 174 Å². The van der Waals surface area contributed by atoms with Gasteiger partial charge in [0.05, 0.1) is 44.5 Å². The minimum absolute atomic E-state index is 0.140. The molecule has 22 rings (SSSR count). The molecule has 0 spiro atoms. The molecule has 16 aromatic carbocycles. The van der Waals surface area contributed by atoms with Crippen molar-refractivity contribution in [1.29, 1.82) is 0 Å². The molecule has 0 radical (unpaired) electrons. The second-order valence-corrected chi connectivity index (χ2v) is 24.8. The predicted molar refractivity (Wildman–Crippen MR) is 370 cm³/mol. The molecule has 0 N–H and O–H groups in total. The summed E-state index contributed by atoms with van der Waals surface area (Å²) in [5, 5.41) is 30.7. The van der Waals surface area contributed by atoms with E-state index in [0.717, 1.165) is 0 Å². The highest BCUT2D eigenvalue weighted by molar-refractivity contribution is 6.42. The molecule has 0 amide bonds. The molecule has 2 unspecified atom stereocenters. The molecule has 0 bridgehead atoms. The van der Waals surface area contributed by atoms with E-state index >= 15 is 0 Å². The monoisotopic (exact) mass is 1100 g/mol. The first-order chi connectivity index (χ1) is 43.2. The van der Waals surface area contributed by atoms with Crippen molar-refractivity contribution < 1.29 is 0 Å². The Hall–Kier alpha value is -11.3. The smallest absolute Gasteiger partial charge is 0.0663 e. The van der Waals surface area contributed by atoms with Crippen LogP contribution in [-0.4, -0.2) is 13.7 Å². The second-order valence-electron chi connectivity index (χ2n) is 24.8. The average molecular weight is 1100 g/mol. The van der Waals surface area contributed by atoms with E-state index in [-0.39, 0.29) is 11.8 Å². The number of nitrogens with zero attached hydrogens (tertiary/aromatic N) is 3. The van der Waals surface area contributed by atoms with Gasteiger partial charge in [0, 0.05) is 60.6 Å². The van der Waals surface area contributed by atoms with E-state index in [1.807, 2.05) is 0 Å². The average Bonchev–Trinajstić information content (AvgIpc) is 1.73. The van der Waals surface area contributed by atoms with Gasteiger partial charge < -0.3 is 13.7 Å². The minimum Gasteiger partial charge on any atom is -0.308 e. The Morgan fingerprint density at radius 3 is 1.18 bits per heavy atom. The highest BCUT2D eigenvalue weighted by Gasteiger charge is 2.40. The Kier molecular flexibility index (Phi) is 8.28. The van der Waals surface area contributed by atoms with Gasteiger partial charge in [-0.3, -0.25) is 0 Å². The van der Waals surface area contributed by atoms with Crippen molar-refractivity contribution in [3.05, 3.63) is 290 Å². The van der Waals surface area contributed by atoms with Crippen LogP contribution in [0.15, 0.2) is 279 Å². The van der Waals surface area contributed by atoms with Gasteiger partial charge in [0.15, 0.2) is 0 Å². The van der Waals surface area contributed by atoms with Crippen molar-refractivity contribution in [3.63, 3.8) is 0 Å². The Labute approximate surface area is 497 Å². The lowest BCUT2D eigenvalue weighted by molar-refractivity contribution is 0.683. The van der Waals surface area contributed by atoms with E-state index in [4.69, 9.17) is 0 Å². The third-order valence-corrected chi connectivity index (χ3v) is 21.0. The van der Waals surface area contributed by atoms with Gasteiger partial charge >= 0.3 is 0 Å². The molecule has 0 saturated heterocycles. The van der Waals surface area contributed by atoms with Crippen LogP contribution in [-0.2, 0) is 0 Å². The summed E-state index contributed by atoms with van der Waals surface area (Å²) in [4.78, 5) is 0. The van der Waals surface area contributed by atoms with Gasteiger partial charge in [-0.2, -0.15) is 0 Å². The quantitative estimate of drug-likeness (QED) is 0.124. The summed E-state index contributed by atoms with van der Waals surface area (Å²) in [6.07, 6.45) is 12.2. The van der Waals surface area contributed by atoms with Crippen LogP contribution < -0.4 is 0 Å². The van der Waals surface area contributed by atoms with Crippen LogP contribution in [0.1, 0.15) is 17.0 Å². The summed E-state index contributed by atoms with van der Waals surface area (Å²) in [6.45, 7) is 0. The highest BCUT2D eigenvalue weighted by Crippen LogP contribution is 2.58. The third-order valence-electron chi connectivity index (χ3n) is 21.0. The van der Waals surface area contributed by atoms with Crippen LogP contribution in [0.25, 0.3) is 185 Å². The predicted octanol–water partition coefficient (Wildman–Crippen LogP) is 22.4. The van der Waals surface area contributed by atoms with E-state index in [9.17, 15) is 0 Å². The van der Waals surface area contributed by atoms with E-state index in [0.29, 0.717) is 0 Å². The summed E-state index contributed by atoms with van der Waals surface area (Å²) in [5.74, 6) is 0.336. The van der Waals surface area contributed by atoms with E-state index in [2.05, 4.69) is 287 Å². The Bertz CT molecular complexity index is 6240. The lowest BCUT2D eigenvalue weighted by Gasteiger charge is -2.39. The van der Waals surface area contributed by atoms with Gasteiger partial charge in [-0.15, -0.1) is 0 Å². The van der Waals surface area contributed by atoms with E-state index < -0.39 is 0 Å². The number of fused-ring (bicyclic) bond motifs is 18. The van der Waals surface area contributed by atoms with Gasteiger partial charge in [-0.05, 0) is 145 Å². The molecule has 3 nitrogen and oxygen atoms in total. The van der Waals surface area contributed by atoms with Crippen LogP contribution in [0.4, 0.5) is 0 Å². The molecule has 3 heteroatoms. The fourth-order valence-corrected chi connectivity index (χ4v) is 17.8. The Morgan fingerprint density at radius 2 is 0.667 bits per heavy atom. The molecule has 87 heavy (non-hydrogen) atoms. The maximum Gasteiger partial charge on any atom is 0.0663 e. The van der Waals surface area contributed by atoms with Crippen molar-refractivity contribution in [2.75, 3.05) is 0 Å². The summed E-state index contributed by atoms with van der Waals surface area (Å²) in [5.41, 5.74) is 16.3. The van der Waals surface area contributed by atoms with Gasteiger partial charge in [-0.25, -0.2) is 0 Å². The minimum atomic E-state index is 0.140. The normalized spacial score (nSPS) is 16.0. The molecule has 3 aliphatic carbocycles. The van der Waals surface area contributed by atoms with Crippen LogP contribution in [0, 0.1) is 5.92 Å². The standard InChI is InChI=1S/C84H47N3/c1-4-37-67-64(22-1)79-82(85(67)70-43-40-58-52-28-10-19-46-16-7-25-49(73(46)52)55-31-13-34-61(70)76(55)58)80-66-24-3-6-39-69(66)87(72-45-42-60-54-30-12-21-48-18-9-27-51(75(48)54)57-33-15-36-63(72)78(57)60)84(80)81-65-23-2-5-38-68(65)86(83(79)81)71-44-41-59-53-29-11-20-47-17-8-26-50(74(47)53)56-32-14-35-62(71)77(56)59/h1-45,58,76H. The third kappa shape index (κ3) is 5.40. The number of benzene rings is 16. The summed E-state index contributed by atoms with van der Waals surface area (Å²) >= 11 is 0. The second kappa shape index (κ2) is 15.9. The molecule has 0 aliphatic heterocycles. The number of allylic oxidation sites excluding steroid dienone is 8. The Morgan fingerprint density at radius 1 is 0.276 bits per heavy atom. The van der Waals surface area contributed by atoms with Crippen molar-refractivity contribution in [1.82, 2.24) is 13.7 Å². The number of hydrogen-bond donors (Lipinski definition) is 0. The topological polar surface area (TPSA) is 14.8 Å². The Balaban J connectivity index is 0.957. The molecule has 3 aliphatic rings. The first kappa shape index (κ1) is 45.2. The number of aromatic nitrogens is 3. The van der Waals surface area contributed by atoms with E-state index in [1.165, 1.54) is 202 Å². The summed E-state index contributed by atoms with van der Waals surface area (Å²) in [6, 6.07) is 92.8. The summed E-state index contributed by atoms with van der Waals surface area (Å²) < 4.78 is 8.05. The zero-order valence-corrected chi connectivity index (χ0v) is 47.0. The molecular weight excluding hydrogens is 1050 g/mol. The number of para-hydroxylation sites is 3. The van der Waals surface area contributed by atoms with Crippen LogP contribution in [0.5, 0.6) is 0 Å². The van der Waals surface area contributed by atoms with Crippen molar-refractivity contribution in [3.8, 4) is 11.4 Å². The van der Waals surface area contributed by atoms with Crippen molar-refractivity contribution in [2.24, 2.45) is 5.92 Å². The first-order valence-corrected chi connectivity index (χ1v) is 30.7. The fraction of sp³-hybridized carbons (Fsp3) is 0.0238. The number of hydrogen-bond acceptors (Lipinski definition) is 0. The van der Waals surface area contributed by atoms with Crippen LogP contribution >= 0.6 is 0 Å². The number of rotatable bonds is 3. The lowest BCUT2D eigenvalue weighted by atomic mass is 9.65. The maximum absolute atomic E-state index is 2.70. The largest absolute Gasteiger partial charge is 0.308 e.